The molecule has 0 unspecified atom stereocenters. The third kappa shape index (κ3) is 3.18. The minimum atomic E-state index is -0.313. The number of aromatic nitrogens is 4. The first-order valence-electron chi connectivity index (χ1n) is 8.76. The molecule has 1 amide bonds. The molecular formula is C18H21N7O. The molecule has 0 bridgehead atoms. The number of amides is 1. The van der Waals surface area contributed by atoms with Crippen molar-refractivity contribution >= 4 is 11.7 Å². The van der Waals surface area contributed by atoms with Crippen LogP contribution in [0.4, 0.5) is 5.82 Å². The molecule has 0 saturated heterocycles. The van der Waals surface area contributed by atoms with E-state index >= 15 is 0 Å². The Balaban J connectivity index is 1.91. The fourth-order valence-corrected chi connectivity index (χ4v) is 3.67. The summed E-state index contributed by atoms with van der Waals surface area (Å²) in [4.78, 5) is 12.6. The Hall–Kier alpha value is -3.13. The second kappa shape index (κ2) is 7.40. The van der Waals surface area contributed by atoms with E-state index in [1.807, 2.05) is 19.9 Å². The van der Waals surface area contributed by atoms with Crippen LogP contribution in [0.15, 0.2) is 6.33 Å². The maximum atomic E-state index is 12.6. The van der Waals surface area contributed by atoms with E-state index < -0.39 is 0 Å². The zero-order valence-corrected chi connectivity index (χ0v) is 15.0. The molecule has 0 aliphatic heterocycles. The van der Waals surface area contributed by atoms with Crippen LogP contribution in [0.2, 0.25) is 0 Å². The Kier molecular flexibility index (Phi) is 5.04. The van der Waals surface area contributed by atoms with Gasteiger partial charge in [-0.25, -0.2) is 0 Å². The monoisotopic (exact) mass is 351 g/mol. The Morgan fingerprint density at radius 1 is 1.27 bits per heavy atom. The number of hydrogen-bond acceptors (Lipinski definition) is 5. The molecule has 26 heavy (non-hydrogen) atoms. The predicted octanol–water partition coefficient (Wildman–Crippen LogP) is 2.58. The summed E-state index contributed by atoms with van der Waals surface area (Å²) in [7, 11) is 0. The fraction of sp³-hybridized carbons (Fsp3) is 0.500. The van der Waals surface area contributed by atoms with Crippen LogP contribution in [0.5, 0.6) is 0 Å². The first-order valence-corrected chi connectivity index (χ1v) is 8.76. The second-order valence-electron chi connectivity index (χ2n) is 6.65. The lowest BCUT2D eigenvalue weighted by molar-refractivity contribution is -0.116. The molecule has 1 N–H and O–H groups in total. The summed E-state index contributed by atoms with van der Waals surface area (Å²) in [5, 5.41) is 28.8. The van der Waals surface area contributed by atoms with E-state index in [2.05, 4.69) is 26.2 Å². The van der Waals surface area contributed by atoms with Crippen LogP contribution in [0.25, 0.3) is 0 Å². The van der Waals surface area contributed by atoms with Crippen molar-refractivity contribution in [3.63, 3.8) is 0 Å². The van der Waals surface area contributed by atoms with Crippen molar-refractivity contribution in [2.24, 2.45) is 0 Å². The first-order chi connectivity index (χ1) is 12.6. The number of nitrogens with zero attached hydrogens (tertiary/aromatic N) is 6. The predicted molar refractivity (Wildman–Crippen MR) is 94.1 cm³/mol. The van der Waals surface area contributed by atoms with Crippen LogP contribution < -0.4 is 5.32 Å². The molecule has 0 radical (unpaired) electrons. The number of hydrogen-bond donors (Lipinski definition) is 1. The SMILES string of the molecule is Cc1c(C#N)c(NC(=O)Cn2cnnc2C#N)n(C2CCCCC2)c1C. The highest BCUT2D eigenvalue weighted by atomic mass is 16.2. The minimum absolute atomic E-state index is 0.0747. The molecule has 2 aromatic heterocycles. The van der Waals surface area contributed by atoms with E-state index in [4.69, 9.17) is 5.26 Å². The molecule has 2 heterocycles. The number of rotatable bonds is 4. The number of carbonyl (C=O) groups excluding carboxylic acids is 1. The third-order valence-electron chi connectivity index (χ3n) is 5.10. The molecule has 1 aliphatic carbocycles. The zero-order chi connectivity index (χ0) is 18.7. The van der Waals surface area contributed by atoms with Gasteiger partial charge in [0.15, 0.2) is 0 Å². The molecule has 3 rings (SSSR count). The van der Waals surface area contributed by atoms with E-state index in [0.29, 0.717) is 17.4 Å². The zero-order valence-electron chi connectivity index (χ0n) is 15.0. The molecular weight excluding hydrogens is 330 g/mol. The lowest BCUT2D eigenvalue weighted by Gasteiger charge is -2.27. The van der Waals surface area contributed by atoms with Crippen LogP contribution in [-0.4, -0.2) is 25.2 Å². The summed E-state index contributed by atoms with van der Waals surface area (Å²) >= 11 is 0. The van der Waals surface area contributed by atoms with Gasteiger partial charge in [-0.05, 0) is 32.3 Å². The number of carbonyl (C=O) groups is 1. The van der Waals surface area contributed by atoms with Gasteiger partial charge in [-0.2, -0.15) is 10.5 Å². The van der Waals surface area contributed by atoms with Crippen molar-refractivity contribution in [2.45, 2.75) is 58.5 Å². The van der Waals surface area contributed by atoms with Crippen LogP contribution in [0.3, 0.4) is 0 Å². The van der Waals surface area contributed by atoms with Crippen molar-refractivity contribution in [1.29, 1.82) is 10.5 Å². The van der Waals surface area contributed by atoms with E-state index in [1.165, 1.54) is 17.3 Å². The van der Waals surface area contributed by atoms with E-state index in [9.17, 15) is 10.1 Å². The molecule has 134 valence electrons. The number of anilines is 1. The minimum Gasteiger partial charge on any atom is -0.327 e. The van der Waals surface area contributed by atoms with Gasteiger partial charge in [0, 0.05) is 11.7 Å². The average molecular weight is 351 g/mol. The molecule has 1 fully saturated rings. The van der Waals surface area contributed by atoms with Gasteiger partial charge in [-0.3, -0.25) is 9.36 Å². The molecule has 8 nitrogen and oxygen atoms in total. The van der Waals surface area contributed by atoms with Crippen molar-refractivity contribution in [3.8, 4) is 12.1 Å². The van der Waals surface area contributed by atoms with Crippen LogP contribution in [0, 0.1) is 36.5 Å². The maximum Gasteiger partial charge on any atom is 0.245 e. The van der Waals surface area contributed by atoms with Crippen molar-refractivity contribution < 1.29 is 4.79 Å². The first kappa shape index (κ1) is 17.7. The maximum absolute atomic E-state index is 12.6. The smallest absolute Gasteiger partial charge is 0.245 e. The summed E-state index contributed by atoms with van der Waals surface area (Å²) in [5.41, 5.74) is 2.42. The summed E-state index contributed by atoms with van der Waals surface area (Å²) in [5.74, 6) is 0.328. The highest BCUT2D eigenvalue weighted by Crippen LogP contribution is 2.36. The van der Waals surface area contributed by atoms with Gasteiger partial charge in [-0.15, -0.1) is 10.2 Å². The Morgan fingerprint density at radius 2 is 2.00 bits per heavy atom. The lowest BCUT2D eigenvalue weighted by Crippen LogP contribution is -2.24. The highest BCUT2D eigenvalue weighted by molar-refractivity contribution is 5.91. The average Bonchev–Trinajstić information content (AvgIpc) is 3.18. The number of nitrogens with one attached hydrogen (secondary N) is 1. The van der Waals surface area contributed by atoms with Gasteiger partial charge in [0.05, 0.1) is 5.56 Å². The molecule has 8 heteroatoms. The van der Waals surface area contributed by atoms with E-state index in [1.54, 1.807) is 0 Å². The van der Waals surface area contributed by atoms with Gasteiger partial charge in [0.2, 0.25) is 11.7 Å². The van der Waals surface area contributed by atoms with Crippen molar-refractivity contribution in [2.75, 3.05) is 5.32 Å². The summed E-state index contributed by atoms with van der Waals surface area (Å²) < 4.78 is 3.50. The van der Waals surface area contributed by atoms with Gasteiger partial charge >= 0.3 is 0 Å². The number of nitriles is 2. The van der Waals surface area contributed by atoms with E-state index in [0.717, 1.165) is 36.9 Å². The summed E-state index contributed by atoms with van der Waals surface area (Å²) in [6.07, 6.45) is 6.98. The van der Waals surface area contributed by atoms with Crippen molar-refractivity contribution in [3.05, 3.63) is 29.0 Å². The van der Waals surface area contributed by atoms with E-state index in [-0.39, 0.29) is 18.3 Å². The van der Waals surface area contributed by atoms with Crippen LogP contribution in [-0.2, 0) is 11.3 Å². The van der Waals surface area contributed by atoms with Gasteiger partial charge < -0.3 is 9.88 Å². The molecule has 0 spiro atoms. The second-order valence-corrected chi connectivity index (χ2v) is 6.65. The largest absolute Gasteiger partial charge is 0.327 e. The highest BCUT2D eigenvalue weighted by Gasteiger charge is 2.26. The normalized spacial score (nSPS) is 14.6. The molecule has 0 aromatic carbocycles. The molecule has 2 aromatic rings. The Labute approximate surface area is 152 Å². The summed E-state index contributed by atoms with van der Waals surface area (Å²) in [6, 6.07) is 4.42. The lowest BCUT2D eigenvalue weighted by atomic mass is 9.95. The van der Waals surface area contributed by atoms with Crippen LogP contribution in [0.1, 0.15) is 60.8 Å². The van der Waals surface area contributed by atoms with Gasteiger partial charge in [0.1, 0.15) is 30.8 Å². The quantitative estimate of drug-likeness (QED) is 0.909. The topological polar surface area (TPSA) is 112 Å². The van der Waals surface area contributed by atoms with Gasteiger partial charge in [0.25, 0.3) is 0 Å². The Morgan fingerprint density at radius 3 is 2.65 bits per heavy atom. The van der Waals surface area contributed by atoms with Gasteiger partial charge in [-0.1, -0.05) is 19.3 Å². The summed E-state index contributed by atoms with van der Waals surface area (Å²) in [6.45, 7) is 3.83. The molecule has 1 saturated carbocycles. The Bertz CT molecular complexity index is 903. The molecule has 1 aliphatic rings. The third-order valence-corrected chi connectivity index (χ3v) is 5.10. The standard InChI is InChI=1S/C18H21N7O/c1-12-13(2)25(14-6-4-3-5-7-14)18(15(12)8-19)22-17(26)10-24-11-21-23-16(24)9-20/h11,14H,3-7,10H2,1-2H3,(H,22,26). The molecule has 0 atom stereocenters. The fourth-order valence-electron chi connectivity index (χ4n) is 3.67. The van der Waals surface area contributed by atoms with Crippen molar-refractivity contribution in [1.82, 2.24) is 19.3 Å². The van der Waals surface area contributed by atoms with Crippen LogP contribution >= 0.6 is 0 Å².